The van der Waals surface area contributed by atoms with Gasteiger partial charge >= 0.3 is 0 Å². The maximum atomic E-state index is 6.11. The summed E-state index contributed by atoms with van der Waals surface area (Å²) in [5.74, 6) is 2.73. The summed E-state index contributed by atoms with van der Waals surface area (Å²) < 4.78 is 6.11. The fourth-order valence-electron chi connectivity index (χ4n) is 3.36. The van der Waals surface area contributed by atoms with Gasteiger partial charge in [-0.15, -0.1) is 0 Å². The van der Waals surface area contributed by atoms with Crippen LogP contribution in [0.25, 0.3) is 0 Å². The van der Waals surface area contributed by atoms with Crippen molar-refractivity contribution in [2.45, 2.75) is 31.6 Å². The molecule has 5 heteroatoms. The third kappa shape index (κ3) is 3.40. The number of aromatic nitrogens is 3. The number of benzene rings is 1. The van der Waals surface area contributed by atoms with Crippen LogP contribution >= 0.6 is 0 Å². The number of hydrogen-bond acceptors (Lipinski definition) is 5. The van der Waals surface area contributed by atoms with Crippen LogP contribution in [0.15, 0.2) is 59.5 Å². The molecule has 3 aromatic rings. The zero-order valence-corrected chi connectivity index (χ0v) is 14.4. The molecule has 1 fully saturated rings. The van der Waals surface area contributed by atoms with Crippen molar-refractivity contribution in [1.82, 2.24) is 15.0 Å². The van der Waals surface area contributed by atoms with E-state index in [-0.39, 0.29) is 5.41 Å². The minimum absolute atomic E-state index is 0.0202. The number of hydrogen-bond donors (Lipinski definition) is 0. The Kier molecular flexibility index (Phi) is 4.22. The zero-order chi connectivity index (χ0) is 17.1. The van der Waals surface area contributed by atoms with Crippen molar-refractivity contribution in [2.24, 2.45) is 0 Å². The maximum Gasteiger partial charge on any atom is 0.200 e. The van der Waals surface area contributed by atoms with Gasteiger partial charge in [0.05, 0.1) is 12.4 Å². The van der Waals surface area contributed by atoms with Crippen molar-refractivity contribution in [3.63, 3.8) is 0 Å². The van der Waals surface area contributed by atoms with Gasteiger partial charge in [-0.1, -0.05) is 37.3 Å². The molecule has 4 rings (SSSR count). The predicted molar refractivity (Wildman–Crippen MR) is 96.6 cm³/mol. The summed E-state index contributed by atoms with van der Waals surface area (Å²) in [5, 5.41) is 0. The van der Waals surface area contributed by atoms with Gasteiger partial charge in [0.2, 0.25) is 0 Å². The summed E-state index contributed by atoms with van der Waals surface area (Å²) >= 11 is 0. The summed E-state index contributed by atoms with van der Waals surface area (Å²) in [7, 11) is 0. The van der Waals surface area contributed by atoms with Gasteiger partial charge in [-0.25, -0.2) is 9.97 Å². The molecule has 0 N–H and O–H groups in total. The fraction of sp³-hybridized carbons (Fsp3) is 0.350. The molecular weight excluding hydrogens is 312 g/mol. The van der Waals surface area contributed by atoms with E-state index in [4.69, 9.17) is 4.42 Å². The van der Waals surface area contributed by atoms with E-state index in [1.54, 1.807) is 12.4 Å². The summed E-state index contributed by atoms with van der Waals surface area (Å²) in [6.07, 6.45) is 9.93. The standard InChI is InChI=1S/C20H22N4O/c1-20(7-11-24(12-8-20)18-15-21-9-10-22-18)19-23-14-17(25-19)13-16-5-3-2-4-6-16/h2-6,9-10,14-15H,7-8,11-13H2,1H3. The van der Waals surface area contributed by atoms with Crippen LogP contribution in [0.3, 0.4) is 0 Å². The average molecular weight is 334 g/mol. The molecule has 0 atom stereocenters. The molecule has 0 spiro atoms. The highest BCUT2D eigenvalue weighted by Gasteiger charge is 2.36. The molecule has 5 nitrogen and oxygen atoms in total. The minimum Gasteiger partial charge on any atom is -0.445 e. The van der Waals surface area contributed by atoms with Gasteiger partial charge in [-0.05, 0) is 18.4 Å². The molecule has 0 bridgehead atoms. The van der Waals surface area contributed by atoms with Gasteiger partial charge in [0, 0.05) is 37.3 Å². The van der Waals surface area contributed by atoms with E-state index in [1.165, 1.54) is 5.56 Å². The third-order valence-electron chi connectivity index (χ3n) is 5.03. The van der Waals surface area contributed by atoms with Gasteiger partial charge in [0.25, 0.3) is 0 Å². The molecule has 1 aliphatic heterocycles. The lowest BCUT2D eigenvalue weighted by molar-refractivity contribution is 0.278. The molecule has 2 aromatic heterocycles. The Morgan fingerprint density at radius 3 is 2.56 bits per heavy atom. The van der Waals surface area contributed by atoms with Crippen LogP contribution in [0, 0.1) is 0 Å². The molecule has 0 radical (unpaired) electrons. The van der Waals surface area contributed by atoms with Gasteiger partial charge in [0.15, 0.2) is 5.89 Å². The van der Waals surface area contributed by atoms with Crippen LogP contribution in [0.2, 0.25) is 0 Å². The Hall–Kier alpha value is -2.69. The Morgan fingerprint density at radius 1 is 1.04 bits per heavy atom. The lowest BCUT2D eigenvalue weighted by Crippen LogP contribution is -2.41. The second-order valence-corrected chi connectivity index (χ2v) is 6.91. The van der Waals surface area contributed by atoms with Crippen molar-refractivity contribution in [3.05, 3.63) is 72.3 Å². The minimum atomic E-state index is -0.0202. The highest BCUT2D eigenvalue weighted by Crippen LogP contribution is 2.35. The number of piperidine rings is 1. The maximum absolute atomic E-state index is 6.11. The van der Waals surface area contributed by atoms with E-state index in [1.807, 2.05) is 18.5 Å². The second kappa shape index (κ2) is 6.67. The Balaban J connectivity index is 1.44. The summed E-state index contributed by atoms with van der Waals surface area (Å²) in [5.41, 5.74) is 1.22. The van der Waals surface area contributed by atoms with E-state index in [2.05, 4.69) is 51.0 Å². The first kappa shape index (κ1) is 15.8. The molecule has 128 valence electrons. The van der Waals surface area contributed by atoms with Crippen LogP contribution in [-0.4, -0.2) is 28.0 Å². The quantitative estimate of drug-likeness (QED) is 0.729. The number of nitrogens with zero attached hydrogens (tertiary/aromatic N) is 4. The van der Waals surface area contributed by atoms with Crippen LogP contribution in [0.1, 0.15) is 37.0 Å². The molecule has 0 unspecified atom stereocenters. The second-order valence-electron chi connectivity index (χ2n) is 6.91. The lowest BCUT2D eigenvalue weighted by atomic mass is 9.80. The monoisotopic (exact) mass is 334 g/mol. The molecule has 25 heavy (non-hydrogen) atoms. The summed E-state index contributed by atoms with van der Waals surface area (Å²) in [6, 6.07) is 10.4. The van der Waals surface area contributed by atoms with Crippen LogP contribution in [-0.2, 0) is 11.8 Å². The van der Waals surface area contributed by atoms with Crippen LogP contribution < -0.4 is 4.90 Å². The molecule has 0 aliphatic carbocycles. The Bertz CT molecular complexity index is 808. The normalized spacial score (nSPS) is 16.8. The number of anilines is 1. The third-order valence-corrected chi connectivity index (χ3v) is 5.03. The SMILES string of the molecule is CC1(c2ncc(Cc3ccccc3)o2)CCN(c2cnccn2)CC1. The van der Waals surface area contributed by atoms with Gasteiger partial charge in [-0.3, -0.25) is 4.98 Å². The summed E-state index contributed by atoms with van der Waals surface area (Å²) in [4.78, 5) is 15.4. The molecule has 3 heterocycles. The van der Waals surface area contributed by atoms with Crippen LogP contribution in [0.5, 0.6) is 0 Å². The first-order valence-electron chi connectivity index (χ1n) is 8.73. The zero-order valence-electron chi connectivity index (χ0n) is 14.4. The molecule has 1 saturated heterocycles. The van der Waals surface area contributed by atoms with Crippen molar-refractivity contribution >= 4 is 5.82 Å². The number of oxazole rings is 1. The fourth-order valence-corrected chi connectivity index (χ4v) is 3.36. The van der Waals surface area contributed by atoms with Crippen molar-refractivity contribution in [1.29, 1.82) is 0 Å². The van der Waals surface area contributed by atoms with Crippen LogP contribution in [0.4, 0.5) is 5.82 Å². The van der Waals surface area contributed by atoms with Gasteiger partial charge in [0.1, 0.15) is 11.6 Å². The van der Waals surface area contributed by atoms with E-state index in [0.717, 1.165) is 49.8 Å². The van der Waals surface area contributed by atoms with E-state index in [0.29, 0.717) is 0 Å². The molecule has 1 aromatic carbocycles. The smallest absolute Gasteiger partial charge is 0.200 e. The Labute approximate surface area is 147 Å². The van der Waals surface area contributed by atoms with E-state index in [9.17, 15) is 0 Å². The predicted octanol–water partition coefficient (Wildman–Crippen LogP) is 3.61. The first-order valence-corrected chi connectivity index (χ1v) is 8.73. The topological polar surface area (TPSA) is 55.1 Å². The van der Waals surface area contributed by atoms with Crippen molar-refractivity contribution < 1.29 is 4.42 Å². The van der Waals surface area contributed by atoms with Crippen molar-refractivity contribution in [3.8, 4) is 0 Å². The molecule has 0 amide bonds. The molecule has 0 saturated carbocycles. The van der Waals surface area contributed by atoms with Gasteiger partial charge < -0.3 is 9.32 Å². The average Bonchev–Trinajstić information content (AvgIpc) is 3.13. The lowest BCUT2D eigenvalue weighted by Gasteiger charge is -2.37. The molecular formula is C20H22N4O. The number of rotatable bonds is 4. The first-order chi connectivity index (χ1) is 12.2. The summed E-state index contributed by atoms with van der Waals surface area (Å²) in [6.45, 7) is 4.12. The van der Waals surface area contributed by atoms with Gasteiger partial charge in [-0.2, -0.15) is 0 Å². The van der Waals surface area contributed by atoms with E-state index < -0.39 is 0 Å². The Morgan fingerprint density at radius 2 is 1.84 bits per heavy atom. The van der Waals surface area contributed by atoms with Crippen molar-refractivity contribution in [2.75, 3.05) is 18.0 Å². The largest absolute Gasteiger partial charge is 0.445 e. The molecule has 1 aliphatic rings. The highest BCUT2D eigenvalue weighted by molar-refractivity contribution is 5.36. The van der Waals surface area contributed by atoms with E-state index >= 15 is 0 Å². The highest BCUT2D eigenvalue weighted by atomic mass is 16.4.